The first kappa shape index (κ1) is 25.8. The molecular weight excluding hydrogens is 436 g/mol. The summed E-state index contributed by atoms with van der Waals surface area (Å²) in [5.41, 5.74) is 0. The predicted octanol–water partition coefficient (Wildman–Crippen LogP) is 0.749. The minimum atomic E-state index is -1.14. The first-order chi connectivity index (χ1) is 15.1. The average Bonchev–Trinajstić information content (AvgIpc) is 3.15. The number of carboxylic acid groups (broad SMARTS) is 1. The molecule has 3 N–H and O–H groups in total. The van der Waals surface area contributed by atoms with E-state index in [4.69, 9.17) is 23.7 Å². The molecule has 0 saturated carbocycles. The van der Waals surface area contributed by atoms with Crippen LogP contribution in [0.5, 0.6) is 0 Å². The van der Waals surface area contributed by atoms with Gasteiger partial charge in [0.25, 0.3) is 5.91 Å². The molecular formula is C22H36N2O9. The Hall–Kier alpha value is -1.79. The maximum atomic E-state index is 13.3. The van der Waals surface area contributed by atoms with Crippen LogP contribution in [-0.2, 0) is 38.1 Å². The molecule has 0 bridgehead atoms. The van der Waals surface area contributed by atoms with Crippen molar-refractivity contribution in [3.05, 3.63) is 0 Å². The van der Waals surface area contributed by atoms with Crippen LogP contribution < -0.4 is 10.6 Å². The third-order valence-electron chi connectivity index (χ3n) is 5.89. The molecule has 3 saturated heterocycles. The van der Waals surface area contributed by atoms with Crippen molar-refractivity contribution in [3.63, 3.8) is 0 Å². The van der Waals surface area contributed by atoms with Gasteiger partial charge in [-0.3, -0.25) is 9.59 Å². The minimum absolute atomic E-state index is 0.315. The van der Waals surface area contributed by atoms with Crippen LogP contribution >= 0.6 is 0 Å². The lowest BCUT2D eigenvalue weighted by molar-refractivity contribution is -0.231. The van der Waals surface area contributed by atoms with E-state index in [1.807, 2.05) is 0 Å². The molecule has 0 aromatic carbocycles. The van der Waals surface area contributed by atoms with Crippen LogP contribution in [0.1, 0.15) is 55.4 Å². The van der Waals surface area contributed by atoms with Crippen LogP contribution in [-0.4, -0.2) is 77.3 Å². The van der Waals surface area contributed by atoms with E-state index in [0.29, 0.717) is 0 Å². The topological polar surface area (TPSA) is 142 Å². The van der Waals surface area contributed by atoms with Crippen LogP contribution in [0.25, 0.3) is 0 Å². The number of carbonyl (C=O) groups excluding carboxylic acids is 2. The predicted molar refractivity (Wildman–Crippen MR) is 114 cm³/mol. The maximum absolute atomic E-state index is 13.3. The highest BCUT2D eigenvalue weighted by atomic mass is 16.9. The Morgan fingerprint density at radius 2 is 1.27 bits per heavy atom. The first-order valence-corrected chi connectivity index (χ1v) is 11.3. The summed E-state index contributed by atoms with van der Waals surface area (Å²) in [6, 6.07) is -2.06. The van der Waals surface area contributed by atoms with Crippen molar-refractivity contribution in [2.45, 2.75) is 110 Å². The van der Waals surface area contributed by atoms with Gasteiger partial charge >= 0.3 is 5.97 Å². The number of hydrogen-bond donors (Lipinski definition) is 3. The highest BCUT2D eigenvalue weighted by molar-refractivity contribution is 5.92. The normalized spacial score (nSPS) is 33.8. The maximum Gasteiger partial charge on any atom is 0.326 e. The van der Waals surface area contributed by atoms with Crippen LogP contribution in [0.4, 0.5) is 0 Å². The Kier molecular flexibility index (Phi) is 7.12. The zero-order valence-corrected chi connectivity index (χ0v) is 20.4. The van der Waals surface area contributed by atoms with E-state index in [-0.39, 0.29) is 11.8 Å². The quantitative estimate of drug-likeness (QED) is 0.489. The molecule has 11 heteroatoms. The van der Waals surface area contributed by atoms with Crippen LogP contribution in [0, 0.1) is 11.8 Å². The molecule has 3 heterocycles. The van der Waals surface area contributed by atoms with Crippen LogP contribution in [0.3, 0.4) is 0 Å². The number of rotatable bonds is 7. The van der Waals surface area contributed by atoms with Gasteiger partial charge in [0, 0.05) is 0 Å². The fourth-order valence-electron chi connectivity index (χ4n) is 4.35. The number of fused-ring (bicyclic) bond motifs is 3. The minimum Gasteiger partial charge on any atom is -0.480 e. The molecule has 188 valence electrons. The van der Waals surface area contributed by atoms with E-state index < -0.39 is 72.1 Å². The number of ether oxygens (including phenoxy) is 5. The van der Waals surface area contributed by atoms with Crippen molar-refractivity contribution in [2.24, 2.45) is 11.8 Å². The number of hydrogen-bond acceptors (Lipinski definition) is 8. The molecule has 7 atom stereocenters. The summed E-state index contributed by atoms with van der Waals surface area (Å²) in [6.07, 6.45) is -3.94. The van der Waals surface area contributed by atoms with Gasteiger partial charge in [0.15, 0.2) is 24.0 Å². The summed E-state index contributed by atoms with van der Waals surface area (Å²) in [5.74, 6) is -4.85. The Bertz CT molecular complexity index is 782. The van der Waals surface area contributed by atoms with E-state index >= 15 is 0 Å². The van der Waals surface area contributed by atoms with Gasteiger partial charge in [-0.2, -0.15) is 0 Å². The Balaban J connectivity index is 1.78. The van der Waals surface area contributed by atoms with Gasteiger partial charge < -0.3 is 39.4 Å². The third kappa shape index (κ3) is 5.48. The lowest BCUT2D eigenvalue weighted by atomic mass is 9.96. The second kappa shape index (κ2) is 9.10. The molecule has 0 radical (unpaired) electrons. The van der Waals surface area contributed by atoms with E-state index in [1.165, 1.54) is 0 Å². The molecule has 2 amide bonds. The number of aliphatic carboxylic acids is 1. The Labute approximate surface area is 193 Å². The summed E-state index contributed by atoms with van der Waals surface area (Å²) >= 11 is 0. The van der Waals surface area contributed by atoms with Crippen molar-refractivity contribution in [3.8, 4) is 0 Å². The monoisotopic (exact) mass is 472 g/mol. The summed E-state index contributed by atoms with van der Waals surface area (Å²) < 4.78 is 29.7. The molecule has 0 aliphatic carbocycles. The van der Waals surface area contributed by atoms with Gasteiger partial charge in [-0.1, -0.05) is 27.7 Å². The van der Waals surface area contributed by atoms with Crippen molar-refractivity contribution in [1.29, 1.82) is 0 Å². The Morgan fingerprint density at radius 1 is 0.758 bits per heavy atom. The third-order valence-corrected chi connectivity index (χ3v) is 5.89. The molecule has 0 spiro atoms. The fourth-order valence-corrected chi connectivity index (χ4v) is 4.35. The van der Waals surface area contributed by atoms with Crippen molar-refractivity contribution >= 4 is 17.8 Å². The average molecular weight is 473 g/mol. The second-order valence-corrected chi connectivity index (χ2v) is 10.4. The molecule has 3 aliphatic rings. The zero-order chi connectivity index (χ0) is 24.9. The molecule has 0 unspecified atom stereocenters. The number of nitrogens with one attached hydrogen (secondary N) is 2. The number of carbonyl (C=O) groups is 3. The van der Waals surface area contributed by atoms with Gasteiger partial charge in [0.05, 0.1) is 0 Å². The van der Waals surface area contributed by atoms with Gasteiger partial charge in [-0.25, -0.2) is 4.79 Å². The number of carboxylic acids is 1. The number of amides is 2. The highest BCUT2D eigenvalue weighted by Gasteiger charge is 2.62. The van der Waals surface area contributed by atoms with Crippen LogP contribution in [0.2, 0.25) is 0 Å². The van der Waals surface area contributed by atoms with Gasteiger partial charge in [-0.05, 0) is 39.5 Å². The van der Waals surface area contributed by atoms with Crippen molar-refractivity contribution in [2.75, 3.05) is 0 Å². The van der Waals surface area contributed by atoms with Crippen molar-refractivity contribution < 1.29 is 43.2 Å². The summed E-state index contributed by atoms with van der Waals surface area (Å²) in [7, 11) is 0. The van der Waals surface area contributed by atoms with E-state index in [9.17, 15) is 19.5 Å². The lowest BCUT2D eigenvalue weighted by Gasteiger charge is -2.37. The van der Waals surface area contributed by atoms with Gasteiger partial charge in [0.2, 0.25) is 5.91 Å². The SMILES string of the molecule is CC(C)[C@H](NC(=O)[C@H](NC(=O)[C@@H]1O[C@@H]2OC(C)(C)O[C@@H]2[C@@H]2OC(C)(C)O[C@H]21)C(C)C)C(=O)O. The summed E-state index contributed by atoms with van der Waals surface area (Å²) in [6.45, 7) is 13.9. The first-order valence-electron chi connectivity index (χ1n) is 11.3. The zero-order valence-electron chi connectivity index (χ0n) is 20.4. The van der Waals surface area contributed by atoms with Crippen molar-refractivity contribution in [1.82, 2.24) is 10.6 Å². The van der Waals surface area contributed by atoms with Crippen LogP contribution in [0.15, 0.2) is 0 Å². The van der Waals surface area contributed by atoms with E-state index in [1.54, 1.807) is 55.4 Å². The summed E-state index contributed by atoms with van der Waals surface area (Å²) in [5, 5.41) is 14.6. The smallest absolute Gasteiger partial charge is 0.326 e. The molecule has 3 aliphatic heterocycles. The Morgan fingerprint density at radius 3 is 1.82 bits per heavy atom. The standard InChI is InChI=1S/C22H36N2O9/c1-9(2)11(17(25)24-12(10(3)4)19(27)28)23-18(26)15-13-14(31-21(5,6)30-13)16-20(29-15)33-22(7,8)32-16/h9-16,20H,1-8H3,(H,23,26)(H,24,25)(H,27,28)/t11-,12+,13-,14-,15-,16-,20-/m1/s1. The van der Waals surface area contributed by atoms with Gasteiger partial charge in [0.1, 0.15) is 30.4 Å². The fraction of sp³-hybridized carbons (Fsp3) is 0.864. The molecule has 3 rings (SSSR count). The van der Waals surface area contributed by atoms with Gasteiger partial charge in [-0.15, -0.1) is 0 Å². The molecule has 11 nitrogen and oxygen atoms in total. The van der Waals surface area contributed by atoms with E-state index in [0.717, 1.165) is 0 Å². The molecule has 3 fully saturated rings. The summed E-state index contributed by atoms with van der Waals surface area (Å²) in [4.78, 5) is 37.7. The van der Waals surface area contributed by atoms with E-state index in [2.05, 4.69) is 10.6 Å². The highest BCUT2D eigenvalue weighted by Crippen LogP contribution is 2.44. The molecule has 0 aromatic rings. The largest absolute Gasteiger partial charge is 0.480 e. The molecule has 33 heavy (non-hydrogen) atoms. The second-order valence-electron chi connectivity index (χ2n) is 10.4. The lowest BCUT2D eigenvalue weighted by Crippen LogP contribution is -2.62. The molecule has 0 aromatic heterocycles.